The Labute approximate surface area is 136 Å². The van der Waals surface area contributed by atoms with Crippen LogP contribution in [0.15, 0.2) is 29.4 Å². The van der Waals surface area contributed by atoms with E-state index in [0.29, 0.717) is 27.7 Å². The van der Waals surface area contributed by atoms with Crippen molar-refractivity contribution in [1.82, 2.24) is 4.98 Å². The molecular formula is C15H15N3O4S. The maximum absolute atomic E-state index is 11.6. The van der Waals surface area contributed by atoms with Gasteiger partial charge in [0.05, 0.1) is 24.6 Å². The van der Waals surface area contributed by atoms with Crippen molar-refractivity contribution in [3.05, 3.63) is 46.0 Å². The maximum Gasteiger partial charge on any atom is 0.350 e. The van der Waals surface area contributed by atoms with E-state index >= 15 is 0 Å². The van der Waals surface area contributed by atoms with Crippen LogP contribution in [0, 0.1) is 0 Å². The summed E-state index contributed by atoms with van der Waals surface area (Å²) in [6.07, 6.45) is 1.99. The highest BCUT2D eigenvalue weighted by molar-refractivity contribution is 7.17. The standard InChI is InChI=1S/C15H15N3O4S/c1-3-11-12(14(21)22-2)23-15(17-11)18-16-8-9-6-4-5-7-10(9)13(19)20/h4-8H,3H2,1-2H3,(H,17,18)(H,19,20)/b16-8-. The number of ether oxygens (including phenoxy) is 1. The van der Waals surface area contributed by atoms with Crippen LogP contribution in [0.4, 0.5) is 5.13 Å². The van der Waals surface area contributed by atoms with E-state index in [1.807, 2.05) is 6.92 Å². The van der Waals surface area contributed by atoms with Crippen LogP contribution in [0.1, 0.15) is 38.2 Å². The number of aromatic carboxylic acids is 1. The van der Waals surface area contributed by atoms with Crippen molar-refractivity contribution < 1.29 is 19.4 Å². The number of carboxylic acids is 1. The number of methoxy groups -OCH3 is 1. The lowest BCUT2D eigenvalue weighted by Gasteiger charge is -1.99. The summed E-state index contributed by atoms with van der Waals surface area (Å²) in [4.78, 5) is 27.4. The van der Waals surface area contributed by atoms with E-state index in [0.717, 1.165) is 11.3 Å². The highest BCUT2D eigenvalue weighted by atomic mass is 32.1. The maximum atomic E-state index is 11.6. The Balaban J connectivity index is 2.17. The molecule has 23 heavy (non-hydrogen) atoms. The summed E-state index contributed by atoms with van der Waals surface area (Å²) in [5.74, 6) is -1.46. The van der Waals surface area contributed by atoms with E-state index in [-0.39, 0.29) is 5.56 Å². The zero-order valence-corrected chi connectivity index (χ0v) is 13.4. The van der Waals surface area contributed by atoms with Crippen LogP contribution >= 0.6 is 11.3 Å². The predicted molar refractivity (Wildman–Crippen MR) is 87.4 cm³/mol. The molecule has 0 amide bonds. The van der Waals surface area contributed by atoms with Crippen LogP contribution in [-0.4, -0.2) is 35.4 Å². The summed E-state index contributed by atoms with van der Waals surface area (Å²) in [7, 11) is 1.32. The van der Waals surface area contributed by atoms with Gasteiger partial charge in [0.2, 0.25) is 5.13 Å². The lowest BCUT2D eigenvalue weighted by Crippen LogP contribution is -2.02. The average Bonchev–Trinajstić information content (AvgIpc) is 2.97. The topological polar surface area (TPSA) is 101 Å². The smallest absolute Gasteiger partial charge is 0.350 e. The summed E-state index contributed by atoms with van der Waals surface area (Å²) in [6, 6.07) is 6.51. The molecule has 0 spiro atoms. The molecule has 0 aliphatic carbocycles. The molecule has 0 fully saturated rings. The second-order valence-electron chi connectivity index (χ2n) is 4.40. The van der Waals surface area contributed by atoms with Gasteiger partial charge >= 0.3 is 11.9 Å². The van der Waals surface area contributed by atoms with Gasteiger partial charge in [-0.3, -0.25) is 5.43 Å². The number of hydrogen-bond donors (Lipinski definition) is 2. The first-order chi connectivity index (χ1) is 11.1. The van der Waals surface area contributed by atoms with Crippen molar-refractivity contribution in [2.75, 3.05) is 12.5 Å². The molecule has 0 radical (unpaired) electrons. The second-order valence-corrected chi connectivity index (χ2v) is 5.40. The summed E-state index contributed by atoms with van der Waals surface area (Å²) < 4.78 is 4.71. The largest absolute Gasteiger partial charge is 0.478 e. The first kappa shape index (κ1) is 16.6. The first-order valence-electron chi connectivity index (χ1n) is 6.76. The fourth-order valence-electron chi connectivity index (χ4n) is 1.85. The van der Waals surface area contributed by atoms with Crippen molar-refractivity contribution in [3.63, 3.8) is 0 Å². The van der Waals surface area contributed by atoms with Gasteiger partial charge in [-0.15, -0.1) is 0 Å². The highest BCUT2D eigenvalue weighted by Gasteiger charge is 2.17. The van der Waals surface area contributed by atoms with E-state index in [9.17, 15) is 9.59 Å². The number of carboxylic acid groups (broad SMARTS) is 1. The number of thiazole rings is 1. The van der Waals surface area contributed by atoms with Crippen LogP contribution in [0.3, 0.4) is 0 Å². The van der Waals surface area contributed by atoms with Crippen molar-refractivity contribution in [2.24, 2.45) is 5.10 Å². The molecule has 1 aromatic carbocycles. The number of nitrogens with zero attached hydrogens (tertiary/aromatic N) is 2. The number of hydrogen-bond acceptors (Lipinski definition) is 7. The molecule has 0 atom stereocenters. The van der Waals surface area contributed by atoms with Crippen molar-refractivity contribution in [1.29, 1.82) is 0 Å². The molecular weight excluding hydrogens is 318 g/mol. The number of aromatic nitrogens is 1. The van der Waals surface area contributed by atoms with E-state index < -0.39 is 11.9 Å². The Hall–Kier alpha value is -2.74. The fourth-order valence-corrected chi connectivity index (χ4v) is 2.77. The highest BCUT2D eigenvalue weighted by Crippen LogP contribution is 2.24. The minimum Gasteiger partial charge on any atom is -0.478 e. The molecule has 2 rings (SSSR count). The summed E-state index contributed by atoms with van der Waals surface area (Å²) in [6.45, 7) is 1.89. The Bertz CT molecular complexity index is 755. The number of nitrogens with one attached hydrogen (secondary N) is 1. The lowest BCUT2D eigenvalue weighted by molar-refractivity contribution is 0.0604. The van der Waals surface area contributed by atoms with Crippen molar-refractivity contribution in [3.8, 4) is 0 Å². The minimum atomic E-state index is -1.03. The third kappa shape index (κ3) is 3.92. The minimum absolute atomic E-state index is 0.154. The Morgan fingerprint density at radius 2 is 2.17 bits per heavy atom. The van der Waals surface area contributed by atoms with Gasteiger partial charge in [0.15, 0.2) is 0 Å². The molecule has 2 aromatic rings. The van der Waals surface area contributed by atoms with Gasteiger partial charge in [-0.05, 0) is 12.5 Å². The van der Waals surface area contributed by atoms with Crippen LogP contribution in [0.25, 0.3) is 0 Å². The number of benzene rings is 1. The Morgan fingerprint density at radius 1 is 1.43 bits per heavy atom. The van der Waals surface area contributed by atoms with Gasteiger partial charge in [0.25, 0.3) is 0 Å². The van der Waals surface area contributed by atoms with Gasteiger partial charge in [0.1, 0.15) is 4.88 Å². The quantitative estimate of drug-likeness (QED) is 0.479. The second kappa shape index (κ2) is 7.50. The van der Waals surface area contributed by atoms with E-state index in [2.05, 4.69) is 15.5 Å². The first-order valence-corrected chi connectivity index (χ1v) is 7.57. The van der Waals surface area contributed by atoms with Crippen molar-refractivity contribution in [2.45, 2.75) is 13.3 Å². The molecule has 120 valence electrons. The van der Waals surface area contributed by atoms with Gasteiger partial charge < -0.3 is 9.84 Å². The SMILES string of the molecule is CCc1nc(N/N=C\c2ccccc2C(=O)O)sc1C(=O)OC. The van der Waals surface area contributed by atoms with Crippen LogP contribution in [0.5, 0.6) is 0 Å². The monoisotopic (exact) mass is 333 g/mol. The fraction of sp³-hybridized carbons (Fsp3) is 0.200. The third-order valence-corrected chi connectivity index (χ3v) is 3.94. The number of aryl methyl sites for hydroxylation is 1. The zero-order chi connectivity index (χ0) is 16.8. The van der Waals surface area contributed by atoms with Crippen LogP contribution < -0.4 is 5.43 Å². The zero-order valence-electron chi connectivity index (χ0n) is 12.6. The number of esters is 1. The van der Waals surface area contributed by atoms with E-state index in [4.69, 9.17) is 9.84 Å². The third-order valence-electron chi connectivity index (χ3n) is 2.96. The molecule has 0 bridgehead atoms. The molecule has 7 nitrogen and oxygen atoms in total. The van der Waals surface area contributed by atoms with E-state index in [1.54, 1.807) is 18.2 Å². The molecule has 2 N–H and O–H groups in total. The van der Waals surface area contributed by atoms with Gasteiger partial charge in [0, 0.05) is 5.56 Å². The molecule has 0 aliphatic heterocycles. The molecule has 0 saturated heterocycles. The van der Waals surface area contributed by atoms with Crippen molar-refractivity contribution >= 4 is 34.6 Å². The molecule has 0 saturated carbocycles. The molecule has 0 aliphatic rings. The van der Waals surface area contributed by atoms with E-state index in [1.165, 1.54) is 19.4 Å². The Kier molecular flexibility index (Phi) is 5.42. The van der Waals surface area contributed by atoms with Crippen LogP contribution in [-0.2, 0) is 11.2 Å². The van der Waals surface area contributed by atoms with Gasteiger partial charge in [-0.2, -0.15) is 5.10 Å². The number of carbonyl (C=O) groups is 2. The Morgan fingerprint density at radius 3 is 2.83 bits per heavy atom. The number of carbonyl (C=O) groups excluding carboxylic acids is 1. The normalized spacial score (nSPS) is 10.7. The number of anilines is 1. The number of rotatable bonds is 6. The average molecular weight is 333 g/mol. The molecule has 1 aromatic heterocycles. The molecule has 8 heteroatoms. The summed E-state index contributed by atoms with van der Waals surface area (Å²) >= 11 is 1.14. The number of hydrazone groups is 1. The lowest BCUT2D eigenvalue weighted by atomic mass is 10.1. The summed E-state index contributed by atoms with van der Waals surface area (Å²) in [5.41, 5.74) is 3.96. The van der Waals surface area contributed by atoms with Gasteiger partial charge in [-0.25, -0.2) is 14.6 Å². The molecule has 0 unspecified atom stereocenters. The molecule has 1 heterocycles. The van der Waals surface area contributed by atoms with Crippen LogP contribution in [0.2, 0.25) is 0 Å². The predicted octanol–water partition coefficient (Wildman–Crippen LogP) is 2.64. The summed E-state index contributed by atoms with van der Waals surface area (Å²) in [5, 5.41) is 13.5. The van der Waals surface area contributed by atoms with Gasteiger partial charge in [-0.1, -0.05) is 36.5 Å².